The molecule has 0 amide bonds. The number of rotatable bonds is 7. The fraction of sp³-hybridized carbons (Fsp3) is 0.304. The molecule has 3 heterocycles. The summed E-state index contributed by atoms with van der Waals surface area (Å²) in [4.78, 5) is 8.67. The lowest BCUT2D eigenvalue weighted by Crippen LogP contribution is -2.13. The second-order valence-electron chi connectivity index (χ2n) is 7.59. The molecule has 166 valence electrons. The van der Waals surface area contributed by atoms with Gasteiger partial charge in [0.15, 0.2) is 5.82 Å². The van der Waals surface area contributed by atoms with E-state index in [0.29, 0.717) is 41.3 Å². The number of halogens is 3. The first-order valence-corrected chi connectivity index (χ1v) is 10.3. The summed E-state index contributed by atoms with van der Waals surface area (Å²) < 4.78 is 43.1. The fourth-order valence-electron chi connectivity index (χ4n) is 3.86. The minimum atomic E-state index is -2.56. The summed E-state index contributed by atoms with van der Waals surface area (Å²) in [5.41, 5.74) is 5.23. The second kappa shape index (κ2) is 8.94. The molecule has 9 heteroatoms. The van der Waals surface area contributed by atoms with Crippen molar-refractivity contribution in [3.63, 3.8) is 0 Å². The molecule has 0 unspecified atom stereocenters. The summed E-state index contributed by atoms with van der Waals surface area (Å²) in [5, 5.41) is 8.92. The van der Waals surface area contributed by atoms with Crippen molar-refractivity contribution in [2.24, 2.45) is 0 Å². The van der Waals surface area contributed by atoms with Gasteiger partial charge in [-0.25, -0.2) is 27.8 Å². The van der Waals surface area contributed by atoms with Crippen molar-refractivity contribution >= 4 is 0 Å². The van der Waals surface area contributed by atoms with Crippen molar-refractivity contribution in [3.05, 3.63) is 76.9 Å². The van der Waals surface area contributed by atoms with Crippen molar-refractivity contribution in [1.29, 1.82) is 0 Å². The van der Waals surface area contributed by atoms with Gasteiger partial charge < -0.3 is 0 Å². The predicted octanol–water partition coefficient (Wildman–Crippen LogP) is 4.70. The van der Waals surface area contributed by atoms with Crippen LogP contribution in [0.4, 0.5) is 13.2 Å². The molecule has 32 heavy (non-hydrogen) atoms. The lowest BCUT2D eigenvalue weighted by atomic mass is 10.0. The highest BCUT2D eigenvalue weighted by Gasteiger charge is 2.21. The summed E-state index contributed by atoms with van der Waals surface area (Å²) in [6.07, 6.45) is -0.226. The topological polar surface area (TPSA) is 61.4 Å². The van der Waals surface area contributed by atoms with Crippen molar-refractivity contribution in [2.75, 3.05) is 0 Å². The van der Waals surface area contributed by atoms with E-state index in [0.717, 1.165) is 17.0 Å². The molecule has 1 aromatic carbocycles. The van der Waals surface area contributed by atoms with Gasteiger partial charge in [0.1, 0.15) is 18.7 Å². The molecule has 0 saturated heterocycles. The summed E-state index contributed by atoms with van der Waals surface area (Å²) >= 11 is 0. The quantitative estimate of drug-likeness (QED) is 0.418. The Labute approximate surface area is 183 Å². The molecule has 0 aliphatic carbocycles. The Balaban J connectivity index is 1.76. The first-order chi connectivity index (χ1) is 15.4. The van der Waals surface area contributed by atoms with E-state index >= 15 is 0 Å². The molecule has 4 aromatic rings. The van der Waals surface area contributed by atoms with E-state index in [1.165, 1.54) is 23.1 Å². The first kappa shape index (κ1) is 21.7. The van der Waals surface area contributed by atoms with Gasteiger partial charge in [-0.05, 0) is 50.6 Å². The third kappa shape index (κ3) is 4.42. The summed E-state index contributed by atoms with van der Waals surface area (Å²) in [6, 6.07) is 9.65. The van der Waals surface area contributed by atoms with Gasteiger partial charge in [-0.1, -0.05) is 6.92 Å². The van der Waals surface area contributed by atoms with Gasteiger partial charge in [0.25, 0.3) is 6.43 Å². The minimum Gasteiger partial charge on any atom is -0.263 e. The number of aryl methyl sites for hydroxylation is 2. The third-order valence-corrected chi connectivity index (χ3v) is 5.23. The largest absolute Gasteiger partial charge is 0.263 e. The van der Waals surface area contributed by atoms with Crippen LogP contribution >= 0.6 is 0 Å². The van der Waals surface area contributed by atoms with E-state index in [1.807, 2.05) is 26.8 Å². The molecule has 0 spiro atoms. The van der Waals surface area contributed by atoms with E-state index in [9.17, 15) is 13.2 Å². The third-order valence-electron chi connectivity index (χ3n) is 5.23. The van der Waals surface area contributed by atoms with E-state index in [-0.39, 0.29) is 5.82 Å². The number of alkyl halides is 2. The molecule has 0 atom stereocenters. The van der Waals surface area contributed by atoms with Gasteiger partial charge in [-0.2, -0.15) is 10.2 Å². The van der Waals surface area contributed by atoms with Gasteiger partial charge in [-0.15, -0.1) is 0 Å². The van der Waals surface area contributed by atoms with E-state index in [2.05, 4.69) is 20.2 Å². The number of hydrogen-bond donors (Lipinski definition) is 0. The Morgan fingerprint density at radius 1 is 1.00 bits per heavy atom. The Hall–Kier alpha value is -3.49. The van der Waals surface area contributed by atoms with Gasteiger partial charge in [0, 0.05) is 35.0 Å². The van der Waals surface area contributed by atoms with Gasteiger partial charge in [-0.3, -0.25) is 4.68 Å². The first-order valence-electron chi connectivity index (χ1n) is 10.3. The highest BCUT2D eigenvalue weighted by Crippen LogP contribution is 2.28. The van der Waals surface area contributed by atoms with Gasteiger partial charge in [0.2, 0.25) is 0 Å². The van der Waals surface area contributed by atoms with Crippen molar-refractivity contribution < 1.29 is 13.2 Å². The molecule has 0 fully saturated rings. The maximum absolute atomic E-state index is 13.4. The van der Waals surface area contributed by atoms with Crippen LogP contribution in [0.15, 0.2) is 42.7 Å². The average molecular weight is 440 g/mol. The van der Waals surface area contributed by atoms with Crippen LogP contribution in [0.3, 0.4) is 0 Å². The van der Waals surface area contributed by atoms with Crippen LogP contribution in [0.2, 0.25) is 0 Å². The zero-order valence-electron chi connectivity index (χ0n) is 18.1. The zero-order chi connectivity index (χ0) is 22.8. The molecule has 0 aliphatic rings. The highest BCUT2D eigenvalue weighted by molar-refractivity contribution is 5.64. The lowest BCUT2D eigenvalue weighted by molar-refractivity contribution is 0.120. The van der Waals surface area contributed by atoms with Crippen LogP contribution in [0.1, 0.15) is 35.3 Å². The van der Waals surface area contributed by atoms with E-state index < -0.39 is 13.0 Å². The van der Waals surface area contributed by atoms with Crippen LogP contribution in [-0.4, -0.2) is 36.0 Å². The number of aromatic nitrogens is 6. The molecule has 4 rings (SSSR count). The van der Waals surface area contributed by atoms with E-state index in [1.54, 1.807) is 22.9 Å². The van der Waals surface area contributed by atoms with Crippen LogP contribution in [0.25, 0.3) is 17.1 Å². The molecular weight excluding hydrogens is 417 g/mol. The minimum absolute atomic E-state index is 0.304. The Bertz CT molecular complexity index is 1230. The Kier molecular flexibility index (Phi) is 6.07. The normalized spacial score (nSPS) is 11.5. The predicted molar refractivity (Wildman–Crippen MR) is 114 cm³/mol. The number of benzene rings is 1. The van der Waals surface area contributed by atoms with Gasteiger partial charge in [0.05, 0.1) is 17.1 Å². The smallest absolute Gasteiger partial charge is 0.257 e. The SMILES string of the molecule is CCc1c(-c2ccc(F)cc2)nn(CC(F)F)c1Cc1cc(-n2nc(C)cc2C)ncn1. The molecule has 3 aromatic heterocycles. The number of nitrogens with zero attached hydrogens (tertiary/aromatic N) is 6. The summed E-state index contributed by atoms with van der Waals surface area (Å²) in [6.45, 7) is 5.25. The maximum atomic E-state index is 13.4. The lowest BCUT2D eigenvalue weighted by Gasteiger charge is -2.10. The molecule has 0 saturated carbocycles. The Morgan fingerprint density at radius 3 is 2.38 bits per heavy atom. The van der Waals surface area contributed by atoms with Crippen molar-refractivity contribution in [3.8, 4) is 17.1 Å². The maximum Gasteiger partial charge on any atom is 0.257 e. The summed E-state index contributed by atoms with van der Waals surface area (Å²) in [5.74, 6) is 0.244. The van der Waals surface area contributed by atoms with Crippen molar-refractivity contribution in [1.82, 2.24) is 29.5 Å². The van der Waals surface area contributed by atoms with E-state index in [4.69, 9.17) is 0 Å². The van der Waals surface area contributed by atoms with Crippen LogP contribution < -0.4 is 0 Å². The molecule has 0 bridgehead atoms. The van der Waals surface area contributed by atoms with Crippen molar-refractivity contribution in [2.45, 2.75) is 46.6 Å². The highest BCUT2D eigenvalue weighted by atomic mass is 19.3. The molecule has 0 radical (unpaired) electrons. The molecule has 0 N–H and O–H groups in total. The van der Waals surface area contributed by atoms with Gasteiger partial charge >= 0.3 is 0 Å². The summed E-state index contributed by atoms with van der Waals surface area (Å²) in [7, 11) is 0. The molecular formula is C23H23F3N6. The molecule has 6 nitrogen and oxygen atoms in total. The van der Waals surface area contributed by atoms with Crippen LogP contribution in [-0.2, 0) is 19.4 Å². The standard InChI is InChI=1S/C23H23F3N6/c1-4-19-20(10-18-11-22(28-13-27-18)32-15(3)9-14(2)29-32)31(12-21(25)26)30-23(19)16-5-7-17(24)8-6-16/h5-9,11,13,21H,4,10,12H2,1-3H3. The fourth-order valence-corrected chi connectivity index (χ4v) is 3.86. The second-order valence-corrected chi connectivity index (χ2v) is 7.59. The van der Waals surface area contributed by atoms with Crippen LogP contribution in [0.5, 0.6) is 0 Å². The monoisotopic (exact) mass is 440 g/mol. The number of hydrogen-bond acceptors (Lipinski definition) is 4. The molecule has 0 aliphatic heterocycles. The average Bonchev–Trinajstić information content (AvgIpc) is 3.27. The zero-order valence-corrected chi connectivity index (χ0v) is 18.1. The van der Waals surface area contributed by atoms with Crippen LogP contribution in [0, 0.1) is 19.7 Å². The Morgan fingerprint density at radius 2 is 1.75 bits per heavy atom.